The van der Waals surface area contributed by atoms with E-state index in [9.17, 15) is 18.4 Å². The first-order valence-corrected chi connectivity index (χ1v) is 7.16. The van der Waals surface area contributed by atoms with Gasteiger partial charge >= 0.3 is 0 Å². The number of anilines is 2. The number of carbonyl (C=O) groups is 2. The minimum atomic E-state index is -0.845. The number of hydrogen-bond donors (Lipinski definition) is 1. The zero-order valence-corrected chi connectivity index (χ0v) is 12.1. The number of carbonyl (C=O) groups excluding carboxylic acids is 2. The molecule has 0 radical (unpaired) electrons. The van der Waals surface area contributed by atoms with Crippen molar-refractivity contribution in [3.8, 4) is 0 Å². The fraction of sp³-hybridized carbons (Fsp3) is 0.176. The van der Waals surface area contributed by atoms with Crippen LogP contribution in [0.5, 0.6) is 0 Å². The zero-order chi connectivity index (χ0) is 16.4. The van der Waals surface area contributed by atoms with Crippen molar-refractivity contribution < 1.29 is 18.4 Å². The third-order valence-electron chi connectivity index (χ3n) is 3.75. The molecule has 0 spiro atoms. The van der Waals surface area contributed by atoms with Crippen LogP contribution in [-0.2, 0) is 9.59 Å². The third kappa shape index (κ3) is 3.21. The molecule has 1 heterocycles. The maximum Gasteiger partial charge on any atom is 0.229 e. The van der Waals surface area contributed by atoms with Gasteiger partial charge in [0.25, 0.3) is 0 Å². The van der Waals surface area contributed by atoms with Crippen LogP contribution in [0, 0.1) is 17.6 Å². The maximum atomic E-state index is 13.6. The fourth-order valence-corrected chi connectivity index (χ4v) is 2.57. The molecule has 2 aromatic rings. The number of rotatable bonds is 3. The lowest BCUT2D eigenvalue weighted by Gasteiger charge is -2.16. The molecule has 0 unspecified atom stereocenters. The molecule has 1 fully saturated rings. The summed E-state index contributed by atoms with van der Waals surface area (Å²) in [5.74, 6) is -2.75. The summed E-state index contributed by atoms with van der Waals surface area (Å²) in [6, 6.07) is 12.0. The molecule has 118 valence electrons. The van der Waals surface area contributed by atoms with E-state index in [1.54, 1.807) is 12.1 Å². The summed E-state index contributed by atoms with van der Waals surface area (Å²) in [6.07, 6.45) is 0.0591. The van der Waals surface area contributed by atoms with Gasteiger partial charge in [-0.3, -0.25) is 9.59 Å². The van der Waals surface area contributed by atoms with Crippen molar-refractivity contribution in [3.05, 3.63) is 60.2 Å². The molecule has 1 atom stereocenters. The minimum absolute atomic E-state index is 0.0591. The van der Waals surface area contributed by atoms with Gasteiger partial charge in [-0.05, 0) is 24.3 Å². The number of amides is 2. The Balaban J connectivity index is 1.71. The van der Waals surface area contributed by atoms with Gasteiger partial charge in [0, 0.05) is 24.7 Å². The van der Waals surface area contributed by atoms with Crippen molar-refractivity contribution in [2.45, 2.75) is 6.42 Å². The van der Waals surface area contributed by atoms with Crippen molar-refractivity contribution in [2.24, 2.45) is 5.92 Å². The van der Waals surface area contributed by atoms with Crippen LogP contribution in [0.25, 0.3) is 0 Å². The quantitative estimate of drug-likeness (QED) is 0.946. The Morgan fingerprint density at radius 1 is 1.13 bits per heavy atom. The molecule has 1 N–H and O–H groups in total. The molecule has 0 saturated carbocycles. The first kappa shape index (κ1) is 15.1. The average molecular weight is 316 g/mol. The Kier molecular flexibility index (Phi) is 4.06. The zero-order valence-electron chi connectivity index (χ0n) is 12.1. The Labute approximate surface area is 131 Å². The number of halogens is 2. The lowest BCUT2D eigenvalue weighted by atomic mass is 10.1. The van der Waals surface area contributed by atoms with Crippen LogP contribution in [0.2, 0.25) is 0 Å². The molecule has 1 aliphatic heterocycles. The topological polar surface area (TPSA) is 49.4 Å². The van der Waals surface area contributed by atoms with E-state index in [0.717, 1.165) is 17.8 Å². The molecule has 0 aliphatic carbocycles. The summed E-state index contributed by atoms with van der Waals surface area (Å²) in [6.45, 7) is 0.234. The Hall–Kier alpha value is -2.76. The van der Waals surface area contributed by atoms with Crippen molar-refractivity contribution >= 4 is 23.2 Å². The van der Waals surface area contributed by atoms with Gasteiger partial charge in [-0.15, -0.1) is 0 Å². The highest BCUT2D eigenvalue weighted by molar-refractivity contribution is 6.03. The van der Waals surface area contributed by atoms with Gasteiger partial charge in [-0.2, -0.15) is 0 Å². The largest absolute Gasteiger partial charge is 0.323 e. The van der Waals surface area contributed by atoms with Crippen LogP contribution >= 0.6 is 0 Å². The Morgan fingerprint density at radius 2 is 1.87 bits per heavy atom. The molecule has 4 nitrogen and oxygen atoms in total. The summed E-state index contributed by atoms with van der Waals surface area (Å²) in [5.41, 5.74) is 0.628. The van der Waals surface area contributed by atoms with Crippen molar-refractivity contribution in [3.63, 3.8) is 0 Å². The standard InChI is InChI=1S/C17H14F2N2O2/c18-12-6-7-15(14(19)9-12)20-17(23)11-8-16(22)21(10-11)13-4-2-1-3-5-13/h1-7,9,11H,8,10H2,(H,20,23)/t11-/m0/s1. The first-order valence-electron chi connectivity index (χ1n) is 7.16. The number of nitrogens with one attached hydrogen (secondary N) is 1. The predicted octanol–water partition coefficient (Wildman–Crippen LogP) is 2.96. The summed E-state index contributed by atoms with van der Waals surface area (Å²) >= 11 is 0. The number of para-hydroxylation sites is 1. The van der Waals surface area contributed by atoms with Crippen molar-refractivity contribution in [2.75, 3.05) is 16.8 Å². The first-order chi connectivity index (χ1) is 11.0. The molecule has 2 aromatic carbocycles. The maximum absolute atomic E-state index is 13.6. The SMILES string of the molecule is O=C(Nc1ccc(F)cc1F)[C@H]1CC(=O)N(c2ccccc2)C1. The van der Waals surface area contributed by atoms with Gasteiger partial charge in [0.1, 0.15) is 11.6 Å². The molecule has 0 bridgehead atoms. The molecular formula is C17H14F2N2O2. The average Bonchev–Trinajstić information content (AvgIpc) is 2.93. The van der Waals surface area contributed by atoms with E-state index in [2.05, 4.69) is 5.32 Å². The number of hydrogen-bond acceptors (Lipinski definition) is 2. The molecule has 2 amide bonds. The summed E-state index contributed by atoms with van der Waals surface area (Å²) in [4.78, 5) is 25.8. The molecule has 23 heavy (non-hydrogen) atoms. The number of nitrogens with zero attached hydrogens (tertiary/aromatic N) is 1. The second kappa shape index (κ2) is 6.16. The van der Waals surface area contributed by atoms with E-state index < -0.39 is 23.5 Å². The summed E-state index contributed by atoms with van der Waals surface area (Å²) in [5, 5.41) is 2.41. The van der Waals surface area contributed by atoms with Crippen LogP contribution < -0.4 is 10.2 Å². The molecule has 0 aromatic heterocycles. The highest BCUT2D eigenvalue weighted by atomic mass is 19.1. The monoisotopic (exact) mass is 316 g/mol. The minimum Gasteiger partial charge on any atom is -0.323 e. The molecule has 3 rings (SSSR count). The normalized spacial score (nSPS) is 17.4. The second-order valence-corrected chi connectivity index (χ2v) is 5.35. The van der Waals surface area contributed by atoms with Crippen LogP contribution in [0.1, 0.15) is 6.42 Å². The van der Waals surface area contributed by atoms with E-state index in [1.807, 2.05) is 18.2 Å². The fourth-order valence-electron chi connectivity index (χ4n) is 2.57. The number of benzene rings is 2. The summed E-state index contributed by atoms with van der Waals surface area (Å²) < 4.78 is 26.5. The Bertz CT molecular complexity index is 750. The summed E-state index contributed by atoms with van der Waals surface area (Å²) in [7, 11) is 0. The van der Waals surface area contributed by atoms with Crippen molar-refractivity contribution in [1.82, 2.24) is 0 Å². The second-order valence-electron chi connectivity index (χ2n) is 5.35. The van der Waals surface area contributed by atoms with Gasteiger partial charge in [-0.1, -0.05) is 18.2 Å². The molecule has 1 aliphatic rings. The van der Waals surface area contributed by atoms with Crippen LogP contribution in [0.15, 0.2) is 48.5 Å². The van der Waals surface area contributed by atoms with Crippen molar-refractivity contribution in [1.29, 1.82) is 0 Å². The van der Waals surface area contributed by atoms with E-state index in [1.165, 1.54) is 4.90 Å². The van der Waals surface area contributed by atoms with Gasteiger partial charge in [0.15, 0.2) is 0 Å². The van der Waals surface area contributed by atoms with Gasteiger partial charge in [-0.25, -0.2) is 8.78 Å². The third-order valence-corrected chi connectivity index (χ3v) is 3.75. The van der Waals surface area contributed by atoms with Gasteiger partial charge in [0.2, 0.25) is 11.8 Å². The van der Waals surface area contributed by atoms with Crippen LogP contribution in [-0.4, -0.2) is 18.4 Å². The predicted molar refractivity (Wildman–Crippen MR) is 81.9 cm³/mol. The smallest absolute Gasteiger partial charge is 0.229 e. The molecular weight excluding hydrogens is 302 g/mol. The highest BCUT2D eigenvalue weighted by Crippen LogP contribution is 2.26. The molecule has 6 heteroatoms. The highest BCUT2D eigenvalue weighted by Gasteiger charge is 2.35. The Morgan fingerprint density at radius 3 is 2.57 bits per heavy atom. The van der Waals surface area contributed by atoms with Crippen LogP contribution in [0.4, 0.5) is 20.2 Å². The lowest BCUT2D eigenvalue weighted by Crippen LogP contribution is -2.28. The van der Waals surface area contributed by atoms with Crippen LogP contribution in [0.3, 0.4) is 0 Å². The van der Waals surface area contributed by atoms with E-state index in [-0.39, 0.29) is 24.6 Å². The van der Waals surface area contributed by atoms with Gasteiger partial charge < -0.3 is 10.2 Å². The lowest BCUT2D eigenvalue weighted by molar-refractivity contribution is -0.122. The van der Waals surface area contributed by atoms with Gasteiger partial charge in [0.05, 0.1) is 11.6 Å². The van der Waals surface area contributed by atoms with E-state index in [4.69, 9.17) is 0 Å². The van der Waals surface area contributed by atoms with E-state index in [0.29, 0.717) is 6.07 Å². The molecule has 1 saturated heterocycles. The van der Waals surface area contributed by atoms with E-state index >= 15 is 0 Å².